The maximum atomic E-state index is 13.1. The molecule has 0 unspecified atom stereocenters. The van der Waals surface area contributed by atoms with Crippen molar-refractivity contribution in [1.29, 1.82) is 0 Å². The van der Waals surface area contributed by atoms with Gasteiger partial charge in [-0.3, -0.25) is 0 Å². The van der Waals surface area contributed by atoms with Crippen molar-refractivity contribution in [2.24, 2.45) is 0 Å². The number of nitrogen functional groups attached to an aromatic ring is 2. The second kappa shape index (κ2) is 5.14. The van der Waals surface area contributed by atoms with E-state index in [9.17, 15) is 8.78 Å². The zero-order valence-electron chi connectivity index (χ0n) is 9.45. The van der Waals surface area contributed by atoms with E-state index in [0.717, 1.165) is 12.1 Å². The normalized spacial score (nSPS) is 9.94. The molecule has 0 aliphatic carbocycles. The van der Waals surface area contributed by atoms with Crippen molar-refractivity contribution in [3.63, 3.8) is 0 Å². The fourth-order valence-corrected chi connectivity index (χ4v) is 1.63. The molecule has 0 atom stereocenters. The Balaban J connectivity index is 0.00000162. The van der Waals surface area contributed by atoms with Gasteiger partial charge in [0.1, 0.15) is 5.82 Å². The number of rotatable bonds is 1. The molecule has 2 aromatic rings. The lowest BCUT2D eigenvalue weighted by atomic mass is 10.0. The van der Waals surface area contributed by atoms with Crippen LogP contribution < -0.4 is 11.5 Å². The van der Waals surface area contributed by atoms with E-state index in [1.165, 1.54) is 6.07 Å². The SMILES string of the molecule is Cc1nc(N)nc(N)c1-c1ccc(F)c(F)c1.Cl. The highest BCUT2D eigenvalue weighted by Crippen LogP contribution is 2.28. The summed E-state index contributed by atoms with van der Waals surface area (Å²) in [6.45, 7) is 1.67. The summed E-state index contributed by atoms with van der Waals surface area (Å²) in [5, 5.41) is 0. The topological polar surface area (TPSA) is 77.8 Å². The van der Waals surface area contributed by atoms with Gasteiger partial charge in [-0.25, -0.2) is 13.8 Å². The number of nitrogens with two attached hydrogens (primary N) is 2. The lowest BCUT2D eigenvalue weighted by molar-refractivity contribution is 0.509. The molecule has 0 spiro atoms. The van der Waals surface area contributed by atoms with Crippen LogP contribution in [0.25, 0.3) is 11.1 Å². The quantitative estimate of drug-likeness (QED) is 0.835. The average molecular weight is 273 g/mol. The van der Waals surface area contributed by atoms with Crippen LogP contribution in [0.1, 0.15) is 5.69 Å². The second-order valence-electron chi connectivity index (χ2n) is 3.56. The Morgan fingerprint density at radius 2 is 1.72 bits per heavy atom. The van der Waals surface area contributed by atoms with Gasteiger partial charge in [0, 0.05) is 5.56 Å². The summed E-state index contributed by atoms with van der Waals surface area (Å²) in [6.07, 6.45) is 0. The van der Waals surface area contributed by atoms with Crippen molar-refractivity contribution in [1.82, 2.24) is 9.97 Å². The molecule has 0 radical (unpaired) electrons. The molecule has 2 rings (SSSR count). The minimum atomic E-state index is -0.946. The number of aromatic nitrogens is 2. The molecule has 1 aromatic carbocycles. The van der Waals surface area contributed by atoms with Gasteiger partial charge in [0.2, 0.25) is 5.95 Å². The zero-order valence-corrected chi connectivity index (χ0v) is 10.3. The number of hydrogen-bond donors (Lipinski definition) is 2. The Hall–Kier alpha value is -1.95. The van der Waals surface area contributed by atoms with Crippen LogP contribution in [-0.2, 0) is 0 Å². The highest BCUT2D eigenvalue weighted by molar-refractivity contribution is 5.85. The van der Waals surface area contributed by atoms with Gasteiger partial charge in [-0.05, 0) is 24.6 Å². The molecule has 1 aromatic heterocycles. The number of aryl methyl sites for hydroxylation is 1. The summed E-state index contributed by atoms with van der Waals surface area (Å²) in [5.41, 5.74) is 12.5. The minimum absolute atomic E-state index is 0. The number of anilines is 2. The van der Waals surface area contributed by atoms with Gasteiger partial charge in [0.05, 0.1) is 5.69 Å². The molecule has 0 aliphatic rings. The molecule has 18 heavy (non-hydrogen) atoms. The van der Waals surface area contributed by atoms with Crippen LogP contribution in [-0.4, -0.2) is 9.97 Å². The number of hydrogen-bond acceptors (Lipinski definition) is 4. The molecule has 4 N–H and O–H groups in total. The summed E-state index contributed by atoms with van der Waals surface area (Å²) in [5.74, 6) is -1.67. The van der Waals surface area contributed by atoms with Crippen molar-refractivity contribution in [3.05, 3.63) is 35.5 Å². The van der Waals surface area contributed by atoms with E-state index in [0.29, 0.717) is 16.8 Å². The van der Waals surface area contributed by atoms with Gasteiger partial charge >= 0.3 is 0 Å². The summed E-state index contributed by atoms with van der Waals surface area (Å²) in [7, 11) is 0. The molecule has 96 valence electrons. The summed E-state index contributed by atoms with van der Waals surface area (Å²) >= 11 is 0. The van der Waals surface area contributed by atoms with Crippen LogP contribution in [0.4, 0.5) is 20.5 Å². The highest BCUT2D eigenvalue weighted by atomic mass is 35.5. The van der Waals surface area contributed by atoms with Crippen molar-refractivity contribution < 1.29 is 8.78 Å². The highest BCUT2D eigenvalue weighted by Gasteiger charge is 2.12. The summed E-state index contributed by atoms with van der Waals surface area (Å²) in [4.78, 5) is 7.72. The Labute approximate surface area is 108 Å². The molecule has 0 amide bonds. The molecular weight excluding hydrogens is 262 g/mol. The third-order valence-electron chi connectivity index (χ3n) is 2.34. The minimum Gasteiger partial charge on any atom is -0.383 e. The average Bonchev–Trinajstić information content (AvgIpc) is 2.21. The maximum Gasteiger partial charge on any atom is 0.222 e. The first-order valence-corrected chi connectivity index (χ1v) is 4.84. The van der Waals surface area contributed by atoms with Crippen LogP contribution in [0.15, 0.2) is 18.2 Å². The monoisotopic (exact) mass is 272 g/mol. The molecule has 0 saturated carbocycles. The summed E-state index contributed by atoms with van der Waals surface area (Å²) < 4.78 is 25.9. The molecule has 0 fully saturated rings. The zero-order chi connectivity index (χ0) is 12.6. The van der Waals surface area contributed by atoms with Crippen LogP contribution in [0, 0.1) is 18.6 Å². The first kappa shape index (κ1) is 14.1. The van der Waals surface area contributed by atoms with E-state index in [2.05, 4.69) is 9.97 Å². The molecule has 4 nitrogen and oxygen atoms in total. The van der Waals surface area contributed by atoms with Crippen LogP contribution in [0.3, 0.4) is 0 Å². The molecule has 1 heterocycles. The van der Waals surface area contributed by atoms with Crippen LogP contribution in [0.2, 0.25) is 0 Å². The second-order valence-corrected chi connectivity index (χ2v) is 3.56. The van der Waals surface area contributed by atoms with E-state index < -0.39 is 11.6 Å². The van der Waals surface area contributed by atoms with Gasteiger partial charge in [-0.2, -0.15) is 4.98 Å². The molecule has 0 aliphatic heterocycles. The third-order valence-corrected chi connectivity index (χ3v) is 2.34. The van der Waals surface area contributed by atoms with Crippen molar-refractivity contribution >= 4 is 24.2 Å². The molecule has 0 bridgehead atoms. The molecule has 0 saturated heterocycles. The van der Waals surface area contributed by atoms with Gasteiger partial charge in [-0.1, -0.05) is 6.07 Å². The third kappa shape index (κ3) is 2.48. The van der Waals surface area contributed by atoms with Crippen molar-refractivity contribution in [2.45, 2.75) is 6.92 Å². The number of benzene rings is 1. The summed E-state index contributed by atoms with van der Waals surface area (Å²) in [6, 6.07) is 3.49. The van der Waals surface area contributed by atoms with Gasteiger partial charge < -0.3 is 11.5 Å². The predicted octanol–water partition coefficient (Wildman–Crippen LogP) is 2.32. The molecular formula is C11H11ClF2N4. The standard InChI is InChI=1S/C11H10F2N4.ClH/c1-5-9(10(14)17-11(15)16-5)6-2-3-7(12)8(13)4-6;/h2-4H,1H3,(H4,14,15,16,17);1H. The van der Waals surface area contributed by atoms with Crippen LogP contribution >= 0.6 is 12.4 Å². The lowest BCUT2D eigenvalue weighted by Crippen LogP contribution is -2.04. The van der Waals surface area contributed by atoms with Gasteiger partial charge in [0.25, 0.3) is 0 Å². The van der Waals surface area contributed by atoms with E-state index in [4.69, 9.17) is 11.5 Å². The van der Waals surface area contributed by atoms with Gasteiger partial charge in [-0.15, -0.1) is 12.4 Å². The Kier molecular flexibility index (Phi) is 4.03. The fraction of sp³-hybridized carbons (Fsp3) is 0.0909. The number of halogens is 3. The fourth-order valence-electron chi connectivity index (χ4n) is 1.63. The largest absolute Gasteiger partial charge is 0.383 e. The predicted molar refractivity (Wildman–Crippen MR) is 68.2 cm³/mol. The van der Waals surface area contributed by atoms with E-state index in [-0.39, 0.29) is 24.2 Å². The smallest absolute Gasteiger partial charge is 0.222 e. The lowest BCUT2D eigenvalue weighted by Gasteiger charge is -2.09. The van der Waals surface area contributed by atoms with Crippen molar-refractivity contribution in [2.75, 3.05) is 11.5 Å². The van der Waals surface area contributed by atoms with E-state index in [1.54, 1.807) is 6.92 Å². The first-order chi connectivity index (χ1) is 7.99. The van der Waals surface area contributed by atoms with E-state index >= 15 is 0 Å². The Bertz CT molecular complexity index is 566. The van der Waals surface area contributed by atoms with Gasteiger partial charge in [0.15, 0.2) is 11.6 Å². The van der Waals surface area contributed by atoms with E-state index in [1.807, 2.05) is 0 Å². The van der Waals surface area contributed by atoms with Crippen LogP contribution in [0.5, 0.6) is 0 Å². The Morgan fingerprint density at radius 3 is 2.28 bits per heavy atom. The van der Waals surface area contributed by atoms with Crippen molar-refractivity contribution in [3.8, 4) is 11.1 Å². The molecule has 7 heteroatoms. The number of nitrogens with zero attached hydrogens (tertiary/aromatic N) is 2. The maximum absolute atomic E-state index is 13.1. The Morgan fingerprint density at radius 1 is 1.06 bits per heavy atom. The first-order valence-electron chi connectivity index (χ1n) is 4.84.